The van der Waals surface area contributed by atoms with Gasteiger partial charge < -0.3 is 5.11 Å². The highest BCUT2D eigenvalue weighted by molar-refractivity contribution is 7.99. The molecular weight excluding hydrogens is 230 g/mol. The van der Waals surface area contributed by atoms with E-state index in [4.69, 9.17) is 0 Å². The van der Waals surface area contributed by atoms with Crippen LogP contribution >= 0.6 is 11.8 Å². The maximum absolute atomic E-state index is 9.96. The van der Waals surface area contributed by atoms with E-state index in [9.17, 15) is 5.11 Å². The van der Waals surface area contributed by atoms with Gasteiger partial charge in [0, 0.05) is 22.2 Å². The zero-order valence-corrected chi connectivity index (χ0v) is 10.5. The smallest absolute Gasteiger partial charge is 0.0798 e. The first kappa shape index (κ1) is 12.1. The molecule has 2 aromatic rings. The second kappa shape index (κ2) is 5.84. The molecule has 3 heteroatoms. The normalized spacial score (nSPS) is 12.4. The van der Waals surface area contributed by atoms with Crippen LogP contribution in [-0.4, -0.2) is 10.1 Å². The van der Waals surface area contributed by atoms with E-state index in [1.165, 1.54) is 0 Å². The van der Waals surface area contributed by atoms with E-state index < -0.39 is 0 Å². The van der Waals surface area contributed by atoms with Crippen molar-refractivity contribution in [3.8, 4) is 0 Å². The van der Waals surface area contributed by atoms with Gasteiger partial charge in [0.25, 0.3) is 0 Å². The topological polar surface area (TPSA) is 33.1 Å². The summed E-state index contributed by atoms with van der Waals surface area (Å²) in [5.74, 6) is 0. The molecule has 0 aliphatic rings. The summed E-state index contributed by atoms with van der Waals surface area (Å²) in [5, 5.41) is 9.96. The highest BCUT2D eigenvalue weighted by Crippen LogP contribution is 2.33. The number of rotatable bonds is 4. The molecular formula is C14H15NOS. The first-order valence-electron chi connectivity index (χ1n) is 5.66. The third kappa shape index (κ3) is 3.08. The molecule has 0 fully saturated rings. The van der Waals surface area contributed by atoms with E-state index in [-0.39, 0.29) is 6.10 Å². The van der Waals surface area contributed by atoms with Gasteiger partial charge in [0.05, 0.1) is 6.10 Å². The summed E-state index contributed by atoms with van der Waals surface area (Å²) >= 11 is 1.66. The molecule has 2 rings (SSSR count). The first-order chi connectivity index (χ1) is 8.31. The molecule has 2 nitrogen and oxygen atoms in total. The standard InChI is InChI=1S/C14H15NOS/c1-2-13(16)12-5-3-4-6-14(12)17-11-7-9-15-10-8-11/h3-10,13,16H,2H2,1H3/t13-/m1/s1. The lowest BCUT2D eigenvalue weighted by molar-refractivity contribution is 0.171. The zero-order valence-electron chi connectivity index (χ0n) is 9.71. The van der Waals surface area contributed by atoms with Gasteiger partial charge in [-0.15, -0.1) is 0 Å². The van der Waals surface area contributed by atoms with Crippen molar-refractivity contribution in [1.82, 2.24) is 4.98 Å². The molecule has 0 aliphatic carbocycles. The molecule has 1 N–H and O–H groups in total. The lowest BCUT2D eigenvalue weighted by atomic mass is 10.1. The third-order valence-electron chi connectivity index (χ3n) is 2.54. The highest BCUT2D eigenvalue weighted by atomic mass is 32.2. The quantitative estimate of drug-likeness (QED) is 0.892. The molecule has 1 atom stereocenters. The number of pyridine rings is 1. The summed E-state index contributed by atoms with van der Waals surface area (Å²) in [5.41, 5.74) is 0.997. The Kier molecular flexibility index (Phi) is 4.18. The van der Waals surface area contributed by atoms with E-state index in [1.807, 2.05) is 43.3 Å². The first-order valence-corrected chi connectivity index (χ1v) is 6.47. The fourth-order valence-corrected chi connectivity index (χ4v) is 2.58. The van der Waals surface area contributed by atoms with Crippen molar-refractivity contribution in [1.29, 1.82) is 0 Å². The minimum absolute atomic E-state index is 0.388. The summed E-state index contributed by atoms with van der Waals surface area (Å²) in [7, 11) is 0. The minimum Gasteiger partial charge on any atom is -0.388 e. The van der Waals surface area contributed by atoms with Crippen molar-refractivity contribution in [3.63, 3.8) is 0 Å². The summed E-state index contributed by atoms with van der Waals surface area (Å²) in [6.07, 6.45) is 3.90. The van der Waals surface area contributed by atoms with Gasteiger partial charge in [-0.25, -0.2) is 0 Å². The van der Waals surface area contributed by atoms with Crippen LogP contribution in [0.25, 0.3) is 0 Å². The van der Waals surface area contributed by atoms with Gasteiger partial charge in [-0.2, -0.15) is 0 Å². The molecule has 1 aromatic heterocycles. The van der Waals surface area contributed by atoms with Gasteiger partial charge in [0.15, 0.2) is 0 Å². The maximum Gasteiger partial charge on any atom is 0.0798 e. The van der Waals surface area contributed by atoms with E-state index in [0.29, 0.717) is 0 Å². The summed E-state index contributed by atoms with van der Waals surface area (Å²) in [6.45, 7) is 1.98. The van der Waals surface area contributed by atoms with Crippen molar-refractivity contribution >= 4 is 11.8 Å². The van der Waals surface area contributed by atoms with Gasteiger partial charge in [0.2, 0.25) is 0 Å². The second-order valence-corrected chi connectivity index (χ2v) is 4.86. The summed E-state index contributed by atoms with van der Waals surface area (Å²) in [6, 6.07) is 11.9. The third-order valence-corrected chi connectivity index (χ3v) is 3.64. The molecule has 1 aromatic carbocycles. The average Bonchev–Trinajstić information content (AvgIpc) is 2.40. The Morgan fingerprint density at radius 3 is 2.59 bits per heavy atom. The molecule has 88 valence electrons. The Morgan fingerprint density at radius 1 is 1.18 bits per heavy atom. The molecule has 0 amide bonds. The molecule has 0 bridgehead atoms. The molecule has 0 radical (unpaired) electrons. The van der Waals surface area contributed by atoms with Gasteiger partial charge >= 0.3 is 0 Å². The highest BCUT2D eigenvalue weighted by Gasteiger charge is 2.10. The Bertz CT molecular complexity index is 473. The van der Waals surface area contributed by atoms with Crippen LogP contribution in [0.2, 0.25) is 0 Å². The maximum atomic E-state index is 9.96. The number of aliphatic hydroxyl groups is 1. The number of hydrogen-bond acceptors (Lipinski definition) is 3. The van der Waals surface area contributed by atoms with Crippen LogP contribution in [0, 0.1) is 0 Å². The van der Waals surface area contributed by atoms with Gasteiger partial charge in [0.1, 0.15) is 0 Å². The average molecular weight is 245 g/mol. The van der Waals surface area contributed by atoms with Crippen LogP contribution in [0.5, 0.6) is 0 Å². The van der Waals surface area contributed by atoms with Crippen molar-refractivity contribution in [2.24, 2.45) is 0 Å². The van der Waals surface area contributed by atoms with Crippen LogP contribution < -0.4 is 0 Å². The summed E-state index contributed by atoms with van der Waals surface area (Å²) in [4.78, 5) is 6.24. The number of aliphatic hydroxyl groups excluding tert-OH is 1. The van der Waals surface area contributed by atoms with Crippen LogP contribution in [0.3, 0.4) is 0 Å². The van der Waals surface area contributed by atoms with Gasteiger partial charge in [-0.05, 0) is 30.2 Å². The Balaban J connectivity index is 2.27. The fraction of sp³-hybridized carbons (Fsp3) is 0.214. The van der Waals surface area contributed by atoms with Crippen molar-refractivity contribution in [2.45, 2.75) is 29.2 Å². The molecule has 0 unspecified atom stereocenters. The lowest BCUT2D eigenvalue weighted by Gasteiger charge is -2.13. The van der Waals surface area contributed by atoms with Crippen LogP contribution in [0.15, 0.2) is 58.6 Å². The van der Waals surface area contributed by atoms with Crippen LogP contribution in [0.1, 0.15) is 25.0 Å². The van der Waals surface area contributed by atoms with E-state index in [2.05, 4.69) is 4.98 Å². The molecule has 0 saturated carbocycles. The van der Waals surface area contributed by atoms with Crippen LogP contribution in [0.4, 0.5) is 0 Å². The number of nitrogens with zero attached hydrogens (tertiary/aromatic N) is 1. The predicted molar refractivity (Wildman–Crippen MR) is 70.1 cm³/mol. The van der Waals surface area contributed by atoms with E-state index in [0.717, 1.165) is 21.8 Å². The molecule has 1 heterocycles. The molecule has 0 aliphatic heterocycles. The predicted octanol–water partition coefficient (Wildman–Crippen LogP) is 3.68. The Hall–Kier alpha value is -1.32. The van der Waals surface area contributed by atoms with Crippen LogP contribution in [-0.2, 0) is 0 Å². The molecule has 17 heavy (non-hydrogen) atoms. The number of aromatic nitrogens is 1. The largest absolute Gasteiger partial charge is 0.388 e. The van der Waals surface area contributed by atoms with Crippen molar-refractivity contribution in [3.05, 3.63) is 54.4 Å². The Morgan fingerprint density at radius 2 is 1.88 bits per heavy atom. The Labute approximate surface area is 106 Å². The second-order valence-electron chi connectivity index (χ2n) is 3.75. The van der Waals surface area contributed by atoms with Crippen molar-refractivity contribution < 1.29 is 5.11 Å². The number of hydrogen-bond donors (Lipinski definition) is 1. The molecule has 0 saturated heterocycles. The van der Waals surface area contributed by atoms with E-state index >= 15 is 0 Å². The minimum atomic E-state index is -0.388. The van der Waals surface area contributed by atoms with Gasteiger partial charge in [-0.1, -0.05) is 36.9 Å². The monoisotopic (exact) mass is 245 g/mol. The van der Waals surface area contributed by atoms with Crippen molar-refractivity contribution in [2.75, 3.05) is 0 Å². The zero-order chi connectivity index (χ0) is 12.1. The fourth-order valence-electron chi connectivity index (χ4n) is 1.60. The lowest BCUT2D eigenvalue weighted by Crippen LogP contribution is -1.96. The SMILES string of the molecule is CC[C@@H](O)c1ccccc1Sc1ccncc1. The number of benzene rings is 1. The van der Waals surface area contributed by atoms with Gasteiger partial charge in [-0.3, -0.25) is 4.98 Å². The molecule has 0 spiro atoms. The van der Waals surface area contributed by atoms with E-state index in [1.54, 1.807) is 24.2 Å². The summed E-state index contributed by atoms with van der Waals surface area (Å²) < 4.78 is 0.